The van der Waals surface area contributed by atoms with Gasteiger partial charge in [-0.05, 0) is 53.7 Å². The Hall–Kier alpha value is -1.58. The van der Waals surface area contributed by atoms with Crippen molar-refractivity contribution in [2.24, 2.45) is 0 Å². The molecule has 2 N–H and O–H groups in total. The fourth-order valence-corrected chi connectivity index (χ4v) is 3.03. The highest BCUT2D eigenvalue weighted by Crippen LogP contribution is 2.38. The molecule has 1 aromatic carbocycles. The van der Waals surface area contributed by atoms with Crippen LogP contribution in [0.3, 0.4) is 0 Å². The molecule has 0 aliphatic heterocycles. The molecule has 0 saturated carbocycles. The Morgan fingerprint density at radius 1 is 0.636 bits per heavy atom. The highest BCUT2D eigenvalue weighted by atomic mass is 15.2. The Bertz CT molecular complexity index is 413. The lowest BCUT2D eigenvalue weighted by atomic mass is 10.1. The summed E-state index contributed by atoms with van der Waals surface area (Å²) in [6.45, 7) is 19.1. The summed E-state index contributed by atoms with van der Waals surface area (Å²) >= 11 is 0. The summed E-state index contributed by atoms with van der Waals surface area (Å²) in [6, 6.07) is 4.50. The molecule has 22 heavy (non-hydrogen) atoms. The van der Waals surface area contributed by atoms with E-state index in [9.17, 15) is 0 Å². The van der Waals surface area contributed by atoms with Crippen LogP contribution in [-0.4, -0.2) is 39.3 Å². The molecular formula is C18H34N4. The van der Waals surface area contributed by atoms with Crippen LogP contribution in [0.5, 0.6) is 0 Å². The molecule has 0 amide bonds. The summed E-state index contributed by atoms with van der Waals surface area (Å²) in [5, 5.41) is 0. The van der Waals surface area contributed by atoms with E-state index in [1.54, 1.807) is 0 Å². The molecule has 0 heterocycles. The molecule has 0 radical (unpaired) electrons. The monoisotopic (exact) mass is 306 g/mol. The number of nitrogen functional groups attached to an aromatic ring is 1. The minimum absolute atomic E-state index is 0.906. The van der Waals surface area contributed by atoms with Crippen LogP contribution < -0.4 is 20.4 Å². The lowest BCUT2D eigenvalue weighted by Gasteiger charge is -2.32. The van der Waals surface area contributed by atoms with Crippen LogP contribution >= 0.6 is 0 Å². The van der Waals surface area contributed by atoms with Crippen LogP contribution in [0.4, 0.5) is 22.7 Å². The zero-order valence-electron chi connectivity index (χ0n) is 15.3. The zero-order valence-corrected chi connectivity index (χ0v) is 15.3. The van der Waals surface area contributed by atoms with Crippen molar-refractivity contribution in [1.29, 1.82) is 0 Å². The second kappa shape index (κ2) is 8.76. The molecule has 0 aliphatic rings. The van der Waals surface area contributed by atoms with Crippen LogP contribution in [0.2, 0.25) is 0 Å². The van der Waals surface area contributed by atoms with Crippen molar-refractivity contribution in [3.8, 4) is 0 Å². The average Bonchev–Trinajstić information content (AvgIpc) is 2.54. The Balaban J connectivity index is 3.48. The summed E-state index contributed by atoms with van der Waals surface area (Å²) in [5.74, 6) is 0. The zero-order chi connectivity index (χ0) is 16.7. The standard InChI is InChI=1S/C18H34N4/c1-7-20(8-2)15-13-16(21(9-3)10-4)18(19)17(14-15)22(11-5)12-6/h13-14H,7-12,19H2,1-6H3. The molecule has 0 bridgehead atoms. The van der Waals surface area contributed by atoms with Gasteiger partial charge in [-0.2, -0.15) is 0 Å². The van der Waals surface area contributed by atoms with E-state index in [2.05, 4.69) is 68.4 Å². The maximum absolute atomic E-state index is 6.54. The SMILES string of the molecule is CCN(CC)c1cc(N(CC)CC)c(N)c(N(CC)CC)c1. The van der Waals surface area contributed by atoms with Gasteiger partial charge in [0.2, 0.25) is 0 Å². The third-order valence-corrected chi connectivity index (χ3v) is 4.46. The molecule has 0 unspecified atom stereocenters. The highest BCUT2D eigenvalue weighted by molar-refractivity contribution is 5.86. The normalized spacial score (nSPS) is 10.6. The van der Waals surface area contributed by atoms with Crippen molar-refractivity contribution in [1.82, 2.24) is 0 Å². The molecule has 0 spiro atoms. The lowest BCUT2D eigenvalue weighted by Crippen LogP contribution is -2.28. The largest absolute Gasteiger partial charge is 0.395 e. The second-order valence-corrected chi connectivity index (χ2v) is 5.41. The number of rotatable bonds is 9. The minimum Gasteiger partial charge on any atom is -0.395 e. The van der Waals surface area contributed by atoms with E-state index in [-0.39, 0.29) is 0 Å². The minimum atomic E-state index is 0.906. The number of nitrogens with two attached hydrogens (primary N) is 1. The first-order chi connectivity index (χ1) is 10.6. The van der Waals surface area contributed by atoms with Gasteiger partial charge in [0.25, 0.3) is 0 Å². The van der Waals surface area contributed by atoms with Gasteiger partial charge >= 0.3 is 0 Å². The van der Waals surface area contributed by atoms with Crippen LogP contribution in [-0.2, 0) is 0 Å². The molecule has 1 aromatic rings. The molecule has 1 rings (SSSR count). The summed E-state index contributed by atoms with van der Waals surface area (Å²) in [5.41, 5.74) is 11.0. The van der Waals surface area contributed by atoms with Crippen LogP contribution in [0.1, 0.15) is 41.5 Å². The predicted molar refractivity (Wildman–Crippen MR) is 102 cm³/mol. The predicted octanol–water partition coefficient (Wildman–Crippen LogP) is 3.81. The van der Waals surface area contributed by atoms with Gasteiger partial charge in [-0.25, -0.2) is 0 Å². The van der Waals surface area contributed by atoms with Crippen molar-refractivity contribution >= 4 is 22.7 Å². The van der Waals surface area contributed by atoms with E-state index in [4.69, 9.17) is 5.73 Å². The van der Waals surface area contributed by atoms with Crippen LogP contribution in [0, 0.1) is 0 Å². The van der Waals surface area contributed by atoms with Gasteiger partial charge in [0, 0.05) is 45.0 Å². The first-order valence-corrected chi connectivity index (χ1v) is 8.75. The van der Waals surface area contributed by atoms with E-state index in [0.29, 0.717) is 0 Å². The summed E-state index contributed by atoms with van der Waals surface area (Å²) in [7, 11) is 0. The van der Waals surface area contributed by atoms with Gasteiger partial charge in [-0.1, -0.05) is 0 Å². The van der Waals surface area contributed by atoms with Crippen molar-refractivity contribution < 1.29 is 0 Å². The summed E-state index contributed by atoms with van der Waals surface area (Å²) in [6.07, 6.45) is 0. The maximum atomic E-state index is 6.54. The Kier molecular flexibility index (Phi) is 7.36. The molecule has 0 aromatic heterocycles. The van der Waals surface area contributed by atoms with Gasteiger partial charge in [-0.3, -0.25) is 0 Å². The molecule has 0 saturated heterocycles. The van der Waals surface area contributed by atoms with E-state index in [1.165, 1.54) is 5.69 Å². The van der Waals surface area contributed by atoms with Crippen molar-refractivity contribution in [3.05, 3.63) is 12.1 Å². The number of anilines is 4. The highest BCUT2D eigenvalue weighted by Gasteiger charge is 2.17. The van der Waals surface area contributed by atoms with E-state index < -0.39 is 0 Å². The van der Waals surface area contributed by atoms with Gasteiger partial charge in [-0.15, -0.1) is 0 Å². The molecule has 4 nitrogen and oxygen atoms in total. The molecule has 4 heteroatoms. The summed E-state index contributed by atoms with van der Waals surface area (Å²) in [4.78, 5) is 7.07. The fourth-order valence-electron chi connectivity index (χ4n) is 3.03. The first-order valence-electron chi connectivity index (χ1n) is 8.75. The molecule has 126 valence electrons. The number of hydrogen-bond acceptors (Lipinski definition) is 4. The molecule has 0 aliphatic carbocycles. The topological polar surface area (TPSA) is 35.7 Å². The third kappa shape index (κ3) is 3.79. The second-order valence-electron chi connectivity index (χ2n) is 5.41. The van der Waals surface area contributed by atoms with Crippen LogP contribution in [0.15, 0.2) is 12.1 Å². The Morgan fingerprint density at radius 2 is 0.955 bits per heavy atom. The van der Waals surface area contributed by atoms with Crippen molar-refractivity contribution in [2.45, 2.75) is 41.5 Å². The molecular weight excluding hydrogens is 272 g/mol. The van der Waals surface area contributed by atoms with Gasteiger partial charge in [0.1, 0.15) is 0 Å². The Morgan fingerprint density at radius 3 is 1.23 bits per heavy atom. The number of nitrogens with zero attached hydrogens (tertiary/aromatic N) is 3. The van der Waals surface area contributed by atoms with Gasteiger partial charge in [0.05, 0.1) is 17.1 Å². The van der Waals surface area contributed by atoms with Crippen LogP contribution in [0.25, 0.3) is 0 Å². The van der Waals surface area contributed by atoms with E-state index in [1.807, 2.05) is 0 Å². The average molecular weight is 306 g/mol. The quantitative estimate of drug-likeness (QED) is 0.704. The van der Waals surface area contributed by atoms with Gasteiger partial charge in [0.15, 0.2) is 0 Å². The first kappa shape index (κ1) is 18.5. The lowest BCUT2D eigenvalue weighted by molar-refractivity contribution is 0.840. The Labute approximate surface area is 136 Å². The molecule has 0 atom stereocenters. The van der Waals surface area contributed by atoms with E-state index in [0.717, 1.165) is 56.3 Å². The van der Waals surface area contributed by atoms with Crippen molar-refractivity contribution in [3.63, 3.8) is 0 Å². The van der Waals surface area contributed by atoms with E-state index >= 15 is 0 Å². The van der Waals surface area contributed by atoms with Gasteiger partial charge < -0.3 is 20.4 Å². The summed E-state index contributed by atoms with van der Waals surface area (Å²) < 4.78 is 0. The fraction of sp³-hybridized carbons (Fsp3) is 0.667. The number of benzene rings is 1. The number of hydrogen-bond donors (Lipinski definition) is 1. The molecule has 0 fully saturated rings. The maximum Gasteiger partial charge on any atom is 0.0791 e. The van der Waals surface area contributed by atoms with Crippen molar-refractivity contribution in [2.75, 3.05) is 59.7 Å². The third-order valence-electron chi connectivity index (χ3n) is 4.46. The smallest absolute Gasteiger partial charge is 0.0791 e.